The molecule has 0 saturated carbocycles. The topological polar surface area (TPSA) is 60.2 Å². The molecule has 0 aromatic carbocycles. The highest BCUT2D eigenvalue weighted by molar-refractivity contribution is 5.50. The van der Waals surface area contributed by atoms with Gasteiger partial charge in [-0.05, 0) is 44.6 Å². The maximum absolute atomic E-state index is 11.0. The monoisotopic (exact) mass is 332 g/mol. The third-order valence-corrected chi connectivity index (χ3v) is 3.45. The summed E-state index contributed by atoms with van der Waals surface area (Å²) in [6.45, 7) is 2.11. The zero-order valence-corrected chi connectivity index (χ0v) is 14.8. The summed E-state index contributed by atoms with van der Waals surface area (Å²) in [5.41, 5.74) is 0.266. The molecule has 0 unspecified atom stereocenters. The molecule has 4 nitrogen and oxygen atoms in total. The van der Waals surface area contributed by atoms with Crippen molar-refractivity contribution in [1.82, 2.24) is 0 Å². The molecule has 0 N–H and O–H groups in total. The normalized spacial score (nSPS) is 12.6. The number of carbonyl (C=O) groups excluding carboxylic acids is 1. The van der Waals surface area contributed by atoms with Gasteiger partial charge in [0.2, 0.25) is 5.70 Å². The summed E-state index contributed by atoms with van der Waals surface area (Å²) in [4.78, 5) is 20.8. The Labute approximate surface area is 146 Å². The summed E-state index contributed by atoms with van der Waals surface area (Å²) in [5, 5.41) is 11.0. The van der Waals surface area contributed by atoms with Crippen LogP contribution in [-0.4, -0.2) is 11.2 Å². The van der Waals surface area contributed by atoms with E-state index in [2.05, 4.69) is 31.2 Å². The Hall–Kier alpha value is -1.97. The molecule has 1 radical (unpaired) electrons. The lowest BCUT2D eigenvalue weighted by molar-refractivity contribution is -0.427. The second-order valence-electron chi connectivity index (χ2n) is 5.55. The Kier molecular flexibility index (Phi) is 16.0. The SMILES string of the molecule is CC/C=C\C/C=C\C/C=C\C/C(=C\CCCCCC[C]=O)[N+](=O)[O-]. The first-order valence-corrected chi connectivity index (χ1v) is 8.85. The largest absolute Gasteiger partial charge is 0.291 e. The lowest BCUT2D eigenvalue weighted by atomic mass is 10.1. The summed E-state index contributed by atoms with van der Waals surface area (Å²) in [7, 11) is 0. The minimum absolute atomic E-state index is 0.266. The van der Waals surface area contributed by atoms with Crippen molar-refractivity contribution in [2.75, 3.05) is 0 Å². The molecule has 0 aliphatic heterocycles. The molecule has 0 aromatic rings. The van der Waals surface area contributed by atoms with E-state index in [4.69, 9.17) is 0 Å². The third-order valence-electron chi connectivity index (χ3n) is 3.45. The predicted octanol–water partition coefficient (Wildman–Crippen LogP) is 5.85. The quantitative estimate of drug-likeness (QED) is 0.164. The number of allylic oxidation sites excluding steroid dienone is 7. The summed E-state index contributed by atoms with van der Waals surface area (Å²) in [6, 6.07) is 0. The summed E-state index contributed by atoms with van der Waals surface area (Å²) >= 11 is 0. The van der Waals surface area contributed by atoms with Crippen LogP contribution < -0.4 is 0 Å². The molecule has 0 aromatic heterocycles. The van der Waals surface area contributed by atoms with E-state index >= 15 is 0 Å². The van der Waals surface area contributed by atoms with Crippen LogP contribution in [-0.2, 0) is 4.79 Å². The fourth-order valence-corrected chi connectivity index (χ4v) is 2.11. The third kappa shape index (κ3) is 14.9. The van der Waals surface area contributed by atoms with Gasteiger partial charge in [-0.2, -0.15) is 0 Å². The highest BCUT2D eigenvalue weighted by Gasteiger charge is 2.06. The average molecular weight is 332 g/mol. The molecule has 0 aliphatic carbocycles. The van der Waals surface area contributed by atoms with Crippen LogP contribution in [0.1, 0.15) is 71.1 Å². The van der Waals surface area contributed by atoms with Crippen molar-refractivity contribution >= 4 is 6.29 Å². The first-order valence-electron chi connectivity index (χ1n) is 8.85. The summed E-state index contributed by atoms with van der Waals surface area (Å²) in [5.74, 6) is 0. The van der Waals surface area contributed by atoms with E-state index in [0.29, 0.717) is 12.8 Å². The van der Waals surface area contributed by atoms with Gasteiger partial charge in [-0.15, -0.1) is 0 Å². The fourth-order valence-electron chi connectivity index (χ4n) is 2.11. The van der Waals surface area contributed by atoms with Crippen LogP contribution in [0.15, 0.2) is 48.2 Å². The molecular weight excluding hydrogens is 302 g/mol. The van der Waals surface area contributed by atoms with Crippen LogP contribution in [0.2, 0.25) is 0 Å². The highest BCUT2D eigenvalue weighted by Crippen LogP contribution is 2.10. The molecular formula is C20H30NO3. The van der Waals surface area contributed by atoms with Crippen LogP contribution in [0.4, 0.5) is 0 Å². The maximum Gasteiger partial charge on any atom is 0.246 e. The van der Waals surface area contributed by atoms with Crippen LogP contribution in [0, 0.1) is 10.1 Å². The van der Waals surface area contributed by atoms with Crippen molar-refractivity contribution in [1.29, 1.82) is 0 Å². The number of hydrogen-bond donors (Lipinski definition) is 0. The molecule has 0 atom stereocenters. The van der Waals surface area contributed by atoms with E-state index in [9.17, 15) is 14.9 Å². The minimum atomic E-state index is -0.295. The van der Waals surface area contributed by atoms with Crippen LogP contribution >= 0.6 is 0 Å². The lowest BCUT2D eigenvalue weighted by Gasteiger charge is -1.97. The van der Waals surface area contributed by atoms with E-state index in [-0.39, 0.29) is 10.6 Å². The van der Waals surface area contributed by atoms with Crippen molar-refractivity contribution in [2.45, 2.75) is 71.1 Å². The van der Waals surface area contributed by atoms with Crippen molar-refractivity contribution in [3.05, 3.63) is 58.3 Å². The molecule has 24 heavy (non-hydrogen) atoms. The van der Waals surface area contributed by atoms with E-state index in [0.717, 1.165) is 51.4 Å². The van der Waals surface area contributed by atoms with Gasteiger partial charge in [0.1, 0.15) is 0 Å². The number of unbranched alkanes of at least 4 members (excludes halogenated alkanes) is 5. The minimum Gasteiger partial charge on any atom is -0.291 e. The van der Waals surface area contributed by atoms with Crippen molar-refractivity contribution in [2.24, 2.45) is 0 Å². The standard InChI is InChI=1S/C20H30NO3/c1-2-3-4-5-6-7-8-11-14-17-20(21(23)24)18-15-12-9-10-13-16-19-22/h3-4,6-7,11,14,18H,2,5,8-10,12-13,15-17H2,1H3/b4-3-,7-6-,14-11-,20-18+. The molecule has 0 aliphatic rings. The van der Waals surface area contributed by atoms with E-state index in [1.807, 2.05) is 18.4 Å². The zero-order valence-electron chi connectivity index (χ0n) is 14.8. The summed E-state index contributed by atoms with van der Waals surface area (Å²) < 4.78 is 0. The maximum atomic E-state index is 11.0. The van der Waals surface area contributed by atoms with Crippen LogP contribution in [0.3, 0.4) is 0 Å². The molecule has 4 heteroatoms. The van der Waals surface area contributed by atoms with Crippen molar-refractivity contribution in [3.8, 4) is 0 Å². The van der Waals surface area contributed by atoms with Crippen molar-refractivity contribution < 1.29 is 9.72 Å². The molecule has 133 valence electrons. The number of rotatable bonds is 15. The van der Waals surface area contributed by atoms with Crippen LogP contribution in [0.5, 0.6) is 0 Å². The van der Waals surface area contributed by atoms with Gasteiger partial charge in [-0.3, -0.25) is 14.9 Å². The molecule has 0 rings (SSSR count). The second kappa shape index (κ2) is 17.4. The first kappa shape index (κ1) is 22.0. The zero-order chi connectivity index (χ0) is 17.9. The Balaban J connectivity index is 3.95. The van der Waals surface area contributed by atoms with Gasteiger partial charge in [0.15, 0.2) is 6.29 Å². The van der Waals surface area contributed by atoms with Crippen molar-refractivity contribution in [3.63, 3.8) is 0 Å². The average Bonchev–Trinajstić information content (AvgIpc) is 2.57. The molecule has 0 heterocycles. The Morgan fingerprint density at radius 2 is 1.58 bits per heavy atom. The lowest BCUT2D eigenvalue weighted by Crippen LogP contribution is -1.97. The second-order valence-corrected chi connectivity index (χ2v) is 5.55. The number of nitro groups is 1. The van der Waals surface area contributed by atoms with Gasteiger partial charge in [0.25, 0.3) is 0 Å². The fraction of sp³-hybridized carbons (Fsp3) is 0.550. The Morgan fingerprint density at radius 3 is 2.21 bits per heavy atom. The van der Waals surface area contributed by atoms with Gasteiger partial charge in [0, 0.05) is 6.42 Å². The van der Waals surface area contributed by atoms with Gasteiger partial charge < -0.3 is 0 Å². The van der Waals surface area contributed by atoms with E-state index in [1.165, 1.54) is 0 Å². The van der Waals surface area contributed by atoms with Crippen LogP contribution in [0.25, 0.3) is 0 Å². The molecule has 0 spiro atoms. The highest BCUT2D eigenvalue weighted by atomic mass is 16.6. The van der Waals surface area contributed by atoms with Gasteiger partial charge >= 0.3 is 0 Å². The smallest absolute Gasteiger partial charge is 0.246 e. The van der Waals surface area contributed by atoms with E-state index in [1.54, 1.807) is 6.08 Å². The molecule has 0 fully saturated rings. The number of hydrogen-bond acceptors (Lipinski definition) is 3. The Bertz CT molecular complexity index is 448. The van der Waals surface area contributed by atoms with Gasteiger partial charge in [0.05, 0.1) is 11.3 Å². The number of nitrogens with zero attached hydrogens (tertiary/aromatic N) is 1. The first-order chi connectivity index (χ1) is 11.7. The predicted molar refractivity (Wildman–Crippen MR) is 100 cm³/mol. The van der Waals surface area contributed by atoms with Gasteiger partial charge in [-0.25, -0.2) is 0 Å². The summed E-state index contributed by atoms with van der Waals surface area (Å²) in [6.07, 6.45) is 24.0. The Morgan fingerprint density at radius 1 is 0.958 bits per heavy atom. The molecule has 0 saturated heterocycles. The molecule has 0 bridgehead atoms. The molecule has 0 amide bonds. The van der Waals surface area contributed by atoms with Gasteiger partial charge in [-0.1, -0.05) is 56.2 Å². The van der Waals surface area contributed by atoms with E-state index < -0.39 is 0 Å².